The normalized spacial score (nSPS) is 21.2. The summed E-state index contributed by atoms with van der Waals surface area (Å²) in [5.74, 6) is -0.491. The Balaban J connectivity index is 1.47. The van der Waals surface area contributed by atoms with Gasteiger partial charge in [-0.1, -0.05) is 39.7 Å². The van der Waals surface area contributed by atoms with Crippen molar-refractivity contribution in [3.05, 3.63) is 51.9 Å². The number of aliphatic carboxylic acids is 1. The fraction of sp³-hybridized carbons (Fsp3) is 0.481. The van der Waals surface area contributed by atoms with Crippen molar-refractivity contribution in [2.45, 2.75) is 71.6 Å². The minimum atomic E-state index is -0.816. The predicted octanol–water partition coefficient (Wildman–Crippen LogP) is 4.54. The maximum absolute atomic E-state index is 12.8. The molecule has 0 saturated heterocycles. The van der Waals surface area contributed by atoms with Crippen LogP contribution in [0.5, 0.6) is 0 Å². The minimum absolute atomic E-state index is 0.0671. The van der Waals surface area contributed by atoms with Gasteiger partial charge in [0, 0.05) is 25.0 Å². The molecule has 0 radical (unpaired) electrons. The van der Waals surface area contributed by atoms with Gasteiger partial charge in [-0.2, -0.15) is 10.4 Å². The molecule has 0 spiro atoms. The molecule has 3 atom stereocenters. The van der Waals surface area contributed by atoms with Gasteiger partial charge < -0.3 is 15.4 Å². The molecule has 9 nitrogen and oxygen atoms in total. The van der Waals surface area contributed by atoms with Gasteiger partial charge in [-0.25, -0.2) is 0 Å². The number of hydrogen-bond donors (Lipinski definition) is 3. The first-order valence-corrected chi connectivity index (χ1v) is 12.5. The Kier molecular flexibility index (Phi) is 6.08. The molecule has 3 unspecified atom stereocenters. The zero-order valence-corrected chi connectivity index (χ0v) is 20.9. The highest BCUT2D eigenvalue weighted by Crippen LogP contribution is 2.37. The van der Waals surface area contributed by atoms with Crippen LogP contribution < -0.4 is 10.9 Å². The Labute approximate surface area is 209 Å². The van der Waals surface area contributed by atoms with E-state index in [2.05, 4.69) is 16.4 Å². The number of fused-ring (bicyclic) bond motifs is 2. The van der Waals surface area contributed by atoms with Crippen molar-refractivity contribution in [1.29, 1.82) is 5.26 Å². The second kappa shape index (κ2) is 9.10. The monoisotopic (exact) mass is 488 g/mol. The van der Waals surface area contributed by atoms with Gasteiger partial charge in [-0.3, -0.25) is 19.2 Å². The molecular formula is C27H32N6O3. The first-order valence-electron chi connectivity index (χ1n) is 12.5. The standard InChI is InChI=1S/C27H32N6O3/c1-27(2,3)23(26(35)36)32-14-17-8-9-19(12-18(17)15-32)30-24-22-21(10-11-29-25(22)34)33(31-24)20-7-5-4-6-16(20)13-28/h8-12,16,20,23H,4-7,14-15H2,1-3H3,(H,29,34)(H,30,31)(H,35,36). The predicted molar refractivity (Wildman–Crippen MR) is 137 cm³/mol. The highest BCUT2D eigenvalue weighted by atomic mass is 16.4. The fourth-order valence-corrected chi connectivity index (χ4v) is 5.89. The number of carbonyl (C=O) groups is 1. The molecule has 1 fully saturated rings. The molecule has 3 heterocycles. The third kappa shape index (κ3) is 4.26. The third-order valence-electron chi connectivity index (χ3n) is 7.47. The highest BCUT2D eigenvalue weighted by Gasteiger charge is 2.39. The Morgan fingerprint density at radius 1 is 1.22 bits per heavy atom. The van der Waals surface area contributed by atoms with Gasteiger partial charge in [-0.15, -0.1) is 0 Å². The number of rotatable bonds is 5. The van der Waals surface area contributed by atoms with Gasteiger partial charge in [0.05, 0.1) is 23.5 Å². The van der Waals surface area contributed by atoms with Gasteiger partial charge in [0.15, 0.2) is 5.82 Å². The van der Waals surface area contributed by atoms with Crippen LogP contribution in [0.15, 0.2) is 35.3 Å². The van der Waals surface area contributed by atoms with Gasteiger partial charge in [-0.05, 0) is 47.6 Å². The van der Waals surface area contributed by atoms with Crippen LogP contribution in [0.25, 0.3) is 10.9 Å². The Morgan fingerprint density at radius 2 is 1.97 bits per heavy atom. The topological polar surface area (TPSA) is 127 Å². The van der Waals surface area contributed by atoms with E-state index in [9.17, 15) is 20.0 Å². The minimum Gasteiger partial charge on any atom is -0.480 e. The number of nitriles is 1. The zero-order valence-electron chi connectivity index (χ0n) is 20.9. The number of aromatic nitrogens is 3. The largest absolute Gasteiger partial charge is 0.480 e. The second-order valence-corrected chi connectivity index (χ2v) is 11.1. The van der Waals surface area contributed by atoms with Crippen LogP contribution in [0.4, 0.5) is 11.5 Å². The van der Waals surface area contributed by atoms with Crippen molar-refractivity contribution < 1.29 is 9.90 Å². The molecule has 1 aromatic carbocycles. The van der Waals surface area contributed by atoms with E-state index in [1.54, 1.807) is 6.20 Å². The van der Waals surface area contributed by atoms with Gasteiger partial charge in [0.25, 0.3) is 5.56 Å². The lowest BCUT2D eigenvalue weighted by molar-refractivity contribution is -0.148. The van der Waals surface area contributed by atoms with Crippen molar-refractivity contribution in [3.8, 4) is 6.07 Å². The molecule has 5 rings (SSSR count). The number of anilines is 2. The van der Waals surface area contributed by atoms with E-state index >= 15 is 0 Å². The molecule has 0 amide bonds. The molecule has 3 N–H and O–H groups in total. The SMILES string of the molecule is CC(C)(C)C(C(=O)O)N1Cc2ccc(Nc3nn(C4CCCCC4C#N)c4cc[nH]c(=O)c34)cc2C1. The molecule has 188 valence electrons. The smallest absolute Gasteiger partial charge is 0.321 e. The van der Waals surface area contributed by atoms with E-state index in [0.717, 1.165) is 48.0 Å². The van der Waals surface area contributed by atoms with E-state index < -0.39 is 17.4 Å². The summed E-state index contributed by atoms with van der Waals surface area (Å²) in [7, 11) is 0. The summed E-state index contributed by atoms with van der Waals surface area (Å²) in [6.45, 7) is 6.97. The molecule has 36 heavy (non-hydrogen) atoms. The van der Waals surface area contributed by atoms with Crippen LogP contribution >= 0.6 is 0 Å². The molecule has 1 aliphatic heterocycles. The summed E-state index contributed by atoms with van der Waals surface area (Å²) in [6.07, 6.45) is 5.37. The zero-order chi connectivity index (χ0) is 25.6. The summed E-state index contributed by atoms with van der Waals surface area (Å²) in [5.41, 5.74) is 3.03. The van der Waals surface area contributed by atoms with E-state index in [1.807, 2.05) is 54.6 Å². The summed E-state index contributed by atoms with van der Waals surface area (Å²) >= 11 is 0. The lowest BCUT2D eigenvalue weighted by Crippen LogP contribution is -2.46. The molecule has 9 heteroatoms. The van der Waals surface area contributed by atoms with Gasteiger partial charge >= 0.3 is 5.97 Å². The van der Waals surface area contributed by atoms with Crippen LogP contribution in [0, 0.1) is 22.7 Å². The first-order chi connectivity index (χ1) is 17.2. The number of pyridine rings is 1. The maximum atomic E-state index is 12.8. The molecule has 0 bridgehead atoms. The van der Waals surface area contributed by atoms with Crippen molar-refractivity contribution in [1.82, 2.24) is 19.7 Å². The quantitative estimate of drug-likeness (QED) is 0.481. The van der Waals surface area contributed by atoms with Crippen molar-refractivity contribution in [2.24, 2.45) is 11.3 Å². The number of carboxylic acids is 1. The lowest BCUT2D eigenvalue weighted by atomic mass is 9.85. The maximum Gasteiger partial charge on any atom is 0.321 e. The number of nitrogens with zero attached hydrogens (tertiary/aromatic N) is 4. The summed E-state index contributed by atoms with van der Waals surface area (Å²) < 4.78 is 1.86. The Morgan fingerprint density at radius 3 is 2.69 bits per heavy atom. The Hall–Kier alpha value is -3.64. The molecular weight excluding hydrogens is 456 g/mol. The van der Waals surface area contributed by atoms with Gasteiger partial charge in [0.1, 0.15) is 11.4 Å². The number of nitrogens with one attached hydrogen (secondary N) is 2. The lowest BCUT2D eigenvalue weighted by Gasteiger charge is -2.34. The van der Waals surface area contributed by atoms with Gasteiger partial charge in [0.2, 0.25) is 0 Å². The average Bonchev–Trinajstić information content (AvgIpc) is 3.39. The summed E-state index contributed by atoms with van der Waals surface area (Å²) in [5, 5.41) is 28.2. The van der Waals surface area contributed by atoms with Crippen LogP contribution in [0.2, 0.25) is 0 Å². The first kappa shape index (κ1) is 24.1. The van der Waals surface area contributed by atoms with E-state index in [1.165, 1.54) is 0 Å². The highest BCUT2D eigenvalue weighted by molar-refractivity contribution is 5.91. The van der Waals surface area contributed by atoms with Crippen LogP contribution in [0.3, 0.4) is 0 Å². The molecule has 1 saturated carbocycles. The molecule has 3 aromatic rings. The third-order valence-corrected chi connectivity index (χ3v) is 7.47. The van der Waals surface area contributed by atoms with Crippen molar-refractivity contribution >= 4 is 28.4 Å². The fourth-order valence-electron chi connectivity index (χ4n) is 5.89. The number of benzene rings is 1. The van der Waals surface area contributed by atoms with Crippen molar-refractivity contribution in [2.75, 3.05) is 5.32 Å². The van der Waals surface area contributed by atoms with Crippen LogP contribution in [-0.2, 0) is 17.9 Å². The Bertz CT molecular complexity index is 1410. The molecule has 1 aliphatic carbocycles. The average molecular weight is 489 g/mol. The molecule has 2 aromatic heterocycles. The van der Waals surface area contributed by atoms with E-state index in [-0.39, 0.29) is 17.5 Å². The number of H-pyrrole nitrogens is 1. The summed E-state index contributed by atoms with van der Waals surface area (Å²) in [6, 6.07) is 9.58. The molecule has 2 aliphatic rings. The van der Waals surface area contributed by atoms with E-state index in [0.29, 0.717) is 24.3 Å². The summed E-state index contributed by atoms with van der Waals surface area (Å²) in [4.78, 5) is 29.6. The van der Waals surface area contributed by atoms with E-state index in [4.69, 9.17) is 5.10 Å². The number of aromatic amines is 1. The second-order valence-electron chi connectivity index (χ2n) is 11.1. The van der Waals surface area contributed by atoms with Crippen molar-refractivity contribution in [3.63, 3.8) is 0 Å². The van der Waals surface area contributed by atoms with Crippen LogP contribution in [0.1, 0.15) is 63.6 Å². The van der Waals surface area contributed by atoms with Crippen LogP contribution in [-0.4, -0.2) is 36.8 Å². The number of hydrogen-bond acceptors (Lipinski definition) is 6. The number of carboxylic acid groups (broad SMARTS) is 1.